The highest BCUT2D eigenvalue weighted by Crippen LogP contribution is 2.40. The Morgan fingerprint density at radius 3 is 2.65 bits per heavy atom. The van der Waals surface area contributed by atoms with Crippen molar-refractivity contribution in [3.05, 3.63) is 58.9 Å². The van der Waals surface area contributed by atoms with Crippen LogP contribution in [0.15, 0.2) is 58.3 Å². The van der Waals surface area contributed by atoms with Crippen molar-refractivity contribution in [1.29, 1.82) is 0 Å². The molecule has 9 heteroatoms. The maximum Gasteiger partial charge on any atom is 0.189 e. The molecule has 31 heavy (non-hydrogen) atoms. The van der Waals surface area contributed by atoms with Crippen molar-refractivity contribution in [2.24, 2.45) is 0 Å². The molecule has 2 aromatic carbocycles. The number of fused-ring (bicyclic) bond motifs is 1. The molecule has 0 aliphatic carbocycles. The molecule has 0 aliphatic heterocycles. The molecule has 0 fully saturated rings. The number of halogens is 1. The first-order valence-corrected chi connectivity index (χ1v) is 11.5. The van der Waals surface area contributed by atoms with E-state index in [4.69, 9.17) is 26.7 Å². The largest absolute Gasteiger partial charge is 0.454 e. The molecule has 0 radical (unpaired) electrons. The standard InChI is InChI=1S/C22H18ClN5OS2/c1-28(2)15-6-4-14(5-7-15)25-22-27-20(24)19(31-22)21-26-16(11-30-21)18-10-12-9-13(23)3-8-17(12)29-18/h3-11H,24H2,1-2H3,(H,25,27). The van der Waals surface area contributed by atoms with Crippen molar-refractivity contribution < 1.29 is 4.42 Å². The van der Waals surface area contributed by atoms with Crippen molar-refractivity contribution >= 4 is 67.6 Å². The second-order valence-electron chi connectivity index (χ2n) is 7.13. The monoisotopic (exact) mass is 467 g/mol. The number of hydrogen-bond acceptors (Lipinski definition) is 8. The van der Waals surface area contributed by atoms with E-state index in [1.54, 1.807) is 0 Å². The summed E-state index contributed by atoms with van der Waals surface area (Å²) >= 11 is 9.06. The van der Waals surface area contributed by atoms with E-state index in [1.165, 1.54) is 22.7 Å². The first-order chi connectivity index (χ1) is 15.0. The third-order valence-corrected chi connectivity index (χ3v) is 6.93. The average Bonchev–Trinajstić information content (AvgIpc) is 3.46. The molecule has 6 nitrogen and oxygen atoms in total. The zero-order valence-electron chi connectivity index (χ0n) is 16.7. The highest BCUT2D eigenvalue weighted by atomic mass is 35.5. The van der Waals surface area contributed by atoms with Gasteiger partial charge in [0.25, 0.3) is 0 Å². The SMILES string of the molecule is CN(C)c1ccc(Nc2nc(N)c(-c3nc(-c4cc5cc(Cl)ccc5o4)cs3)s2)cc1. The van der Waals surface area contributed by atoms with Crippen LogP contribution in [0.4, 0.5) is 22.3 Å². The van der Waals surface area contributed by atoms with E-state index in [0.717, 1.165) is 43.1 Å². The van der Waals surface area contributed by atoms with E-state index in [0.29, 0.717) is 16.6 Å². The van der Waals surface area contributed by atoms with E-state index >= 15 is 0 Å². The Morgan fingerprint density at radius 2 is 1.87 bits per heavy atom. The molecule has 0 unspecified atom stereocenters. The molecule has 0 spiro atoms. The fraction of sp³-hybridized carbons (Fsp3) is 0.0909. The van der Waals surface area contributed by atoms with Gasteiger partial charge in [-0.05, 0) is 48.5 Å². The third kappa shape index (κ3) is 3.97. The number of anilines is 4. The number of nitrogens with one attached hydrogen (secondary N) is 1. The summed E-state index contributed by atoms with van der Waals surface area (Å²) in [4.78, 5) is 12.1. The molecule has 0 saturated carbocycles. The van der Waals surface area contributed by atoms with Crippen LogP contribution in [0.25, 0.3) is 32.3 Å². The van der Waals surface area contributed by atoms with Crippen LogP contribution < -0.4 is 16.0 Å². The summed E-state index contributed by atoms with van der Waals surface area (Å²) in [5.41, 5.74) is 9.82. The van der Waals surface area contributed by atoms with Gasteiger partial charge in [0.05, 0.1) is 0 Å². The number of hydrogen-bond donors (Lipinski definition) is 2. The quantitative estimate of drug-likeness (QED) is 0.298. The van der Waals surface area contributed by atoms with Gasteiger partial charge >= 0.3 is 0 Å². The van der Waals surface area contributed by atoms with Crippen molar-refractivity contribution in [3.8, 4) is 21.3 Å². The number of thiazole rings is 2. The normalized spacial score (nSPS) is 11.2. The lowest BCUT2D eigenvalue weighted by atomic mass is 10.2. The number of nitrogen functional groups attached to an aromatic ring is 1. The van der Waals surface area contributed by atoms with Crippen LogP contribution in [0.3, 0.4) is 0 Å². The highest BCUT2D eigenvalue weighted by molar-refractivity contribution is 7.23. The van der Waals surface area contributed by atoms with Crippen molar-refractivity contribution in [2.75, 3.05) is 30.0 Å². The Kier molecular flexibility index (Phi) is 5.05. The maximum absolute atomic E-state index is 6.20. The summed E-state index contributed by atoms with van der Waals surface area (Å²) in [5.74, 6) is 1.15. The smallest absolute Gasteiger partial charge is 0.189 e. The summed E-state index contributed by atoms with van der Waals surface area (Å²) in [7, 11) is 4.03. The summed E-state index contributed by atoms with van der Waals surface area (Å²) < 4.78 is 5.93. The predicted molar refractivity (Wildman–Crippen MR) is 132 cm³/mol. The zero-order chi connectivity index (χ0) is 21.5. The van der Waals surface area contributed by atoms with E-state index in [1.807, 2.05) is 68.0 Å². The number of furan rings is 1. The molecule has 0 aliphatic rings. The zero-order valence-corrected chi connectivity index (χ0v) is 19.1. The molecule has 0 amide bonds. The average molecular weight is 468 g/mol. The lowest BCUT2D eigenvalue weighted by molar-refractivity contribution is 0.629. The number of aromatic nitrogens is 2. The van der Waals surface area contributed by atoms with Crippen LogP contribution in [0.1, 0.15) is 0 Å². The molecular weight excluding hydrogens is 450 g/mol. The van der Waals surface area contributed by atoms with Gasteiger partial charge < -0.3 is 20.4 Å². The highest BCUT2D eigenvalue weighted by Gasteiger charge is 2.17. The molecule has 3 N–H and O–H groups in total. The predicted octanol–water partition coefficient (Wildman–Crippen LogP) is 6.73. The summed E-state index contributed by atoms with van der Waals surface area (Å²) in [6, 6.07) is 15.6. The van der Waals surface area contributed by atoms with Gasteiger partial charge in [-0.2, -0.15) is 0 Å². The second kappa shape index (κ2) is 7.88. The lowest BCUT2D eigenvalue weighted by Crippen LogP contribution is -2.08. The van der Waals surface area contributed by atoms with Crippen LogP contribution in [0.2, 0.25) is 5.02 Å². The number of nitrogens with zero attached hydrogens (tertiary/aromatic N) is 3. The summed E-state index contributed by atoms with van der Waals surface area (Å²) in [6.07, 6.45) is 0. The van der Waals surface area contributed by atoms with Gasteiger partial charge in [-0.3, -0.25) is 0 Å². The van der Waals surface area contributed by atoms with Gasteiger partial charge in [0.2, 0.25) is 0 Å². The van der Waals surface area contributed by atoms with E-state index < -0.39 is 0 Å². The molecule has 0 bridgehead atoms. The molecule has 5 aromatic rings. The Bertz CT molecular complexity index is 1370. The minimum absolute atomic E-state index is 0.453. The minimum atomic E-state index is 0.453. The van der Waals surface area contributed by atoms with Gasteiger partial charge in [0, 0.05) is 41.3 Å². The molecule has 156 valence electrons. The first kappa shape index (κ1) is 19.9. The number of rotatable bonds is 5. The minimum Gasteiger partial charge on any atom is -0.454 e. The number of benzene rings is 2. The maximum atomic E-state index is 6.20. The van der Waals surface area contributed by atoms with Crippen molar-refractivity contribution in [1.82, 2.24) is 9.97 Å². The van der Waals surface area contributed by atoms with Gasteiger partial charge in [0.1, 0.15) is 27.0 Å². The molecule has 3 aromatic heterocycles. The topological polar surface area (TPSA) is 80.2 Å². The van der Waals surface area contributed by atoms with Gasteiger partial charge in [-0.1, -0.05) is 22.9 Å². The fourth-order valence-electron chi connectivity index (χ4n) is 3.14. The van der Waals surface area contributed by atoms with Crippen molar-refractivity contribution in [3.63, 3.8) is 0 Å². The molecule has 0 atom stereocenters. The van der Waals surface area contributed by atoms with Crippen LogP contribution in [-0.2, 0) is 0 Å². The molecule has 5 rings (SSSR count). The Balaban J connectivity index is 1.39. The Hall–Kier alpha value is -3.07. The molecular formula is C22H18ClN5OS2. The first-order valence-electron chi connectivity index (χ1n) is 9.42. The molecule has 0 saturated heterocycles. The van der Waals surface area contributed by atoms with Gasteiger partial charge in [-0.25, -0.2) is 9.97 Å². The lowest BCUT2D eigenvalue weighted by Gasteiger charge is -2.12. The number of nitrogens with two attached hydrogens (primary N) is 1. The van der Waals surface area contributed by atoms with Gasteiger partial charge in [-0.15, -0.1) is 11.3 Å². The molecule has 3 heterocycles. The van der Waals surface area contributed by atoms with Crippen LogP contribution in [0, 0.1) is 0 Å². The summed E-state index contributed by atoms with van der Waals surface area (Å²) in [6.45, 7) is 0. The van der Waals surface area contributed by atoms with Crippen molar-refractivity contribution in [2.45, 2.75) is 0 Å². The Morgan fingerprint density at radius 1 is 1.06 bits per heavy atom. The third-order valence-electron chi connectivity index (χ3n) is 4.72. The van der Waals surface area contributed by atoms with E-state index in [-0.39, 0.29) is 0 Å². The van der Waals surface area contributed by atoms with E-state index in [9.17, 15) is 0 Å². The fourth-order valence-corrected chi connectivity index (χ4v) is 5.13. The van der Waals surface area contributed by atoms with Gasteiger partial charge in [0.15, 0.2) is 10.9 Å². The van der Waals surface area contributed by atoms with E-state index in [2.05, 4.69) is 15.2 Å². The van der Waals surface area contributed by atoms with Crippen LogP contribution in [0.5, 0.6) is 0 Å². The summed E-state index contributed by atoms with van der Waals surface area (Å²) in [5, 5.41) is 8.42. The Labute approximate surface area is 191 Å². The van der Waals surface area contributed by atoms with Crippen LogP contribution >= 0.6 is 34.3 Å². The van der Waals surface area contributed by atoms with Crippen LogP contribution in [-0.4, -0.2) is 24.1 Å². The second-order valence-corrected chi connectivity index (χ2v) is 9.42.